The first-order valence-corrected chi connectivity index (χ1v) is 7.42. The Balaban J connectivity index is 1.94. The van der Waals surface area contributed by atoms with Crippen molar-refractivity contribution in [2.45, 2.75) is 20.8 Å². The number of nitrogens with zero attached hydrogens (tertiary/aromatic N) is 1. The Labute approximate surface area is 140 Å². The molecule has 6 nitrogen and oxygen atoms in total. The molecule has 126 valence electrons. The van der Waals surface area contributed by atoms with Crippen molar-refractivity contribution >= 4 is 12.1 Å². The van der Waals surface area contributed by atoms with E-state index in [2.05, 4.69) is 10.5 Å². The molecule has 0 fully saturated rings. The number of rotatable bonds is 5. The first kappa shape index (κ1) is 17.3. The molecule has 2 aromatic carbocycles. The van der Waals surface area contributed by atoms with Crippen molar-refractivity contribution in [1.82, 2.24) is 5.43 Å². The van der Waals surface area contributed by atoms with E-state index in [4.69, 9.17) is 4.74 Å². The maximum atomic E-state index is 11.8. The van der Waals surface area contributed by atoms with Crippen LogP contribution in [0.3, 0.4) is 0 Å². The van der Waals surface area contributed by atoms with Gasteiger partial charge in [-0.1, -0.05) is 18.2 Å². The quantitative estimate of drug-likeness (QED) is 0.581. The van der Waals surface area contributed by atoms with Gasteiger partial charge in [-0.2, -0.15) is 5.10 Å². The maximum Gasteiger partial charge on any atom is 0.277 e. The fourth-order valence-corrected chi connectivity index (χ4v) is 2.29. The van der Waals surface area contributed by atoms with Crippen LogP contribution >= 0.6 is 0 Å². The van der Waals surface area contributed by atoms with Gasteiger partial charge < -0.3 is 14.9 Å². The van der Waals surface area contributed by atoms with Gasteiger partial charge in [-0.15, -0.1) is 0 Å². The molecule has 0 atom stereocenters. The molecule has 0 heterocycles. The van der Waals surface area contributed by atoms with Gasteiger partial charge in [0.15, 0.2) is 6.61 Å². The number of aryl methyl sites for hydroxylation is 3. The third kappa shape index (κ3) is 4.25. The zero-order valence-corrected chi connectivity index (χ0v) is 13.8. The van der Waals surface area contributed by atoms with E-state index in [1.807, 2.05) is 32.0 Å². The highest BCUT2D eigenvalue weighted by molar-refractivity contribution is 5.87. The normalized spacial score (nSPS) is 10.8. The molecule has 0 aliphatic rings. The summed E-state index contributed by atoms with van der Waals surface area (Å²) in [5.41, 5.74) is 5.31. The number of ether oxygens (including phenoxy) is 1. The van der Waals surface area contributed by atoms with Gasteiger partial charge in [-0.3, -0.25) is 4.79 Å². The summed E-state index contributed by atoms with van der Waals surface area (Å²) in [6.07, 6.45) is 1.32. The van der Waals surface area contributed by atoms with Crippen LogP contribution in [0.1, 0.15) is 22.3 Å². The van der Waals surface area contributed by atoms with E-state index in [-0.39, 0.29) is 18.1 Å². The molecular weight excluding hydrogens is 308 g/mol. The van der Waals surface area contributed by atoms with Crippen LogP contribution in [0, 0.1) is 20.8 Å². The minimum absolute atomic E-state index is 0.0341. The average Bonchev–Trinajstić information content (AvgIpc) is 2.49. The van der Waals surface area contributed by atoms with Crippen LogP contribution in [-0.4, -0.2) is 28.9 Å². The lowest BCUT2D eigenvalue weighted by Gasteiger charge is -2.10. The Bertz CT molecular complexity index is 741. The van der Waals surface area contributed by atoms with E-state index in [1.54, 1.807) is 6.92 Å². The Hall–Kier alpha value is -3.02. The number of aromatic hydroxyl groups is 2. The molecule has 0 unspecified atom stereocenters. The monoisotopic (exact) mass is 328 g/mol. The third-order valence-electron chi connectivity index (χ3n) is 3.49. The second kappa shape index (κ2) is 7.50. The van der Waals surface area contributed by atoms with Crippen LogP contribution in [0.5, 0.6) is 17.2 Å². The van der Waals surface area contributed by atoms with Crippen LogP contribution in [0.15, 0.2) is 35.4 Å². The van der Waals surface area contributed by atoms with Crippen molar-refractivity contribution in [3.8, 4) is 17.2 Å². The summed E-state index contributed by atoms with van der Waals surface area (Å²) in [5.74, 6) is 0.124. The summed E-state index contributed by atoms with van der Waals surface area (Å²) in [4.78, 5) is 11.8. The fraction of sp³-hybridized carbons (Fsp3) is 0.222. The predicted molar refractivity (Wildman–Crippen MR) is 91.7 cm³/mol. The number of hydrogen-bond donors (Lipinski definition) is 3. The van der Waals surface area contributed by atoms with Crippen molar-refractivity contribution in [2.24, 2.45) is 5.10 Å². The van der Waals surface area contributed by atoms with E-state index >= 15 is 0 Å². The van der Waals surface area contributed by atoms with Crippen LogP contribution in [-0.2, 0) is 4.79 Å². The van der Waals surface area contributed by atoms with Crippen molar-refractivity contribution in [3.05, 3.63) is 52.6 Å². The lowest BCUT2D eigenvalue weighted by molar-refractivity contribution is -0.123. The summed E-state index contributed by atoms with van der Waals surface area (Å²) < 4.78 is 5.53. The van der Waals surface area contributed by atoms with Gasteiger partial charge in [0.2, 0.25) is 0 Å². The standard InChI is InChI=1S/C18H20N2O4/c1-11-5-4-6-12(2)18(11)24-10-17(23)20-19-9-15-13(3)7-14(21)8-16(15)22/h4-9,21-22H,10H2,1-3H3,(H,20,23). The van der Waals surface area contributed by atoms with Gasteiger partial charge >= 0.3 is 0 Å². The zero-order chi connectivity index (χ0) is 17.7. The first-order valence-electron chi connectivity index (χ1n) is 7.42. The van der Waals surface area contributed by atoms with Crippen molar-refractivity contribution in [3.63, 3.8) is 0 Å². The summed E-state index contributed by atoms with van der Waals surface area (Å²) in [6, 6.07) is 8.45. The van der Waals surface area contributed by atoms with E-state index in [0.717, 1.165) is 11.1 Å². The molecular formula is C18H20N2O4. The Morgan fingerprint density at radius 2 is 1.83 bits per heavy atom. The smallest absolute Gasteiger partial charge is 0.277 e. The number of phenols is 2. The van der Waals surface area contributed by atoms with Gasteiger partial charge in [-0.25, -0.2) is 5.43 Å². The number of phenolic OH excluding ortho intramolecular Hbond substituents is 2. The average molecular weight is 328 g/mol. The number of hydrogen-bond acceptors (Lipinski definition) is 5. The van der Waals surface area contributed by atoms with E-state index < -0.39 is 5.91 Å². The Morgan fingerprint density at radius 3 is 2.46 bits per heavy atom. The van der Waals surface area contributed by atoms with Crippen LogP contribution in [0.4, 0.5) is 0 Å². The van der Waals surface area contributed by atoms with Crippen LogP contribution in [0.2, 0.25) is 0 Å². The topological polar surface area (TPSA) is 91.1 Å². The van der Waals surface area contributed by atoms with Gasteiger partial charge in [0, 0.05) is 11.6 Å². The number of benzene rings is 2. The number of amides is 1. The van der Waals surface area contributed by atoms with Crippen LogP contribution < -0.4 is 10.2 Å². The zero-order valence-electron chi connectivity index (χ0n) is 13.8. The minimum atomic E-state index is -0.412. The second-order valence-corrected chi connectivity index (χ2v) is 5.50. The fourth-order valence-electron chi connectivity index (χ4n) is 2.29. The molecule has 1 amide bonds. The highest BCUT2D eigenvalue weighted by atomic mass is 16.5. The second-order valence-electron chi connectivity index (χ2n) is 5.50. The summed E-state index contributed by atoms with van der Waals surface area (Å²) >= 11 is 0. The summed E-state index contributed by atoms with van der Waals surface area (Å²) in [6.45, 7) is 5.37. The molecule has 6 heteroatoms. The molecule has 2 rings (SSSR count). The SMILES string of the molecule is Cc1cc(O)cc(O)c1C=NNC(=O)COc1c(C)cccc1C. The first-order chi connectivity index (χ1) is 11.4. The number of carbonyl (C=O) groups is 1. The Morgan fingerprint density at radius 1 is 1.17 bits per heavy atom. The molecule has 0 radical (unpaired) electrons. The number of para-hydroxylation sites is 1. The molecule has 0 bridgehead atoms. The lowest BCUT2D eigenvalue weighted by atomic mass is 10.1. The highest BCUT2D eigenvalue weighted by Crippen LogP contribution is 2.25. The molecule has 24 heavy (non-hydrogen) atoms. The molecule has 3 N–H and O–H groups in total. The van der Waals surface area contributed by atoms with Gasteiger partial charge in [-0.05, 0) is 43.5 Å². The van der Waals surface area contributed by atoms with Crippen LogP contribution in [0.25, 0.3) is 0 Å². The molecule has 0 saturated carbocycles. The van der Waals surface area contributed by atoms with E-state index in [9.17, 15) is 15.0 Å². The summed E-state index contributed by atoms with van der Waals surface area (Å²) in [5, 5.41) is 22.9. The minimum Gasteiger partial charge on any atom is -0.508 e. The summed E-state index contributed by atoms with van der Waals surface area (Å²) in [7, 11) is 0. The predicted octanol–water partition coefficient (Wildman–Crippen LogP) is 2.55. The lowest BCUT2D eigenvalue weighted by Crippen LogP contribution is -2.25. The molecule has 0 aliphatic heterocycles. The molecule has 0 spiro atoms. The maximum absolute atomic E-state index is 11.8. The van der Waals surface area contributed by atoms with Gasteiger partial charge in [0.05, 0.1) is 6.21 Å². The largest absolute Gasteiger partial charge is 0.508 e. The molecule has 0 aromatic heterocycles. The number of nitrogens with one attached hydrogen (secondary N) is 1. The van der Waals surface area contributed by atoms with E-state index in [0.29, 0.717) is 16.9 Å². The Kier molecular flexibility index (Phi) is 5.42. The third-order valence-corrected chi connectivity index (χ3v) is 3.49. The van der Waals surface area contributed by atoms with Gasteiger partial charge in [0.1, 0.15) is 17.2 Å². The van der Waals surface area contributed by atoms with Crippen molar-refractivity contribution in [2.75, 3.05) is 6.61 Å². The van der Waals surface area contributed by atoms with Gasteiger partial charge in [0.25, 0.3) is 5.91 Å². The molecule has 2 aromatic rings. The van der Waals surface area contributed by atoms with Crippen molar-refractivity contribution in [1.29, 1.82) is 0 Å². The van der Waals surface area contributed by atoms with E-state index in [1.165, 1.54) is 18.3 Å². The number of hydrazone groups is 1. The number of carbonyl (C=O) groups excluding carboxylic acids is 1. The highest BCUT2D eigenvalue weighted by Gasteiger charge is 2.07. The molecule has 0 aliphatic carbocycles. The van der Waals surface area contributed by atoms with Crippen molar-refractivity contribution < 1.29 is 19.7 Å². The molecule has 0 saturated heterocycles.